The van der Waals surface area contributed by atoms with Crippen LogP contribution < -0.4 is 4.90 Å². The minimum absolute atomic E-state index is 0.0484. The molecular formula is C31H29BrF3N7O2. The number of aryl methyl sites for hydroxylation is 1. The van der Waals surface area contributed by atoms with Crippen LogP contribution in [0.2, 0.25) is 0 Å². The highest BCUT2D eigenvalue weighted by Crippen LogP contribution is 2.46. The Morgan fingerprint density at radius 2 is 1.86 bits per heavy atom. The first-order chi connectivity index (χ1) is 21.0. The smallest absolute Gasteiger partial charge is 0.334 e. The van der Waals surface area contributed by atoms with Crippen molar-refractivity contribution in [3.8, 4) is 11.4 Å². The molecule has 0 spiro atoms. The van der Waals surface area contributed by atoms with E-state index in [0.29, 0.717) is 29.7 Å². The molecule has 3 atom stereocenters. The molecule has 13 heteroatoms. The fourth-order valence-corrected chi connectivity index (χ4v) is 6.95. The summed E-state index contributed by atoms with van der Waals surface area (Å²) in [5, 5.41) is 12.9. The van der Waals surface area contributed by atoms with Crippen molar-refractivity contribution >= 4 is 39.2 Å². The van der Waals surface area contributed by atoms with Crippen molar-refractivity contribution in [2.75, 3.05) is 11.4 Å². The number of fused-ring (bicyclic) bond motifs is 3. The zero-order chi connectivity index (χ0) is 30.9. The molecule has 7 rings (SSSR count). The average molecular weight is 669 g/mol. The summed E-state index contributed by atoms with van der Waals surface area (Å²) in [5.41, 5.74) is 1.59. The molecule has 1 aliphatic carbocycles. The van der Waals surface area contributed by atoms with E-state index in [4.69, 9.17) is 5.10 Å². The predicted octanol–water partition coefficient (Wildman–Crippen LogP) is 6.18. The number of nitrogens with zero attached hydrogens (tertiary/aromatic N) is 7. The fourth-order valence-electron chi connectivity index (χ4n) is 6.48. The van der Waals surface area contributed by atoms with E-state index in [1.54, 1.807) is 16.1 Å². The number of halogens is 4. The lowest BCUT2D eigenvalue weighted by atomic mass is 9.84. The van der Waals surface area contributed by atoms with Crippen LogP contribution in [0.5, 0.6) is 0 Å². The Kier molecular flexibility index (Phi) is 6.91. The van der Waals surface area contributed by atoms with Crippen molar-refractivity contribution in [3.05, 3.63) is 76.2 Å². The van der Waals surface area contributed by atoms with Gasteiger partial charge in [0.05, 0.1) is 29.4 Å². The van der Waals surface area contributed by atoms with Gasteiger partial charge in [0.1, 0.15) is 12.1 Å². The molecule has 1 saturated heterocycles. The summed E-state index contributed by atoms with van der Waals surface area (Å²) in [6, 6.07) is 10.3. The minimum Gasteiger partial charge on any atom is -0.334 e. The van der Waals surface area contributed by atoms with E-state index in [1.165, 1.54) is 12.1 Å². The summed E-state index contributed by atoms with van der Waals surface area (Å²) in [7, 11) is 1.87. The maximum absolute atomic E-state index is 14.4. The number of carbonyl (C=O) groups is 2. The zero-order valence-corrected chi connectivity index (χ0v) is 25.6. The van der Waals surface area contributed by atoms with Gasteiger partial charge in [0.2, 0.25) is 5.91 Å². The summed E-state index contributed by atoms with van der Waals surface area (Å²) in [6.45, 7) is 1.99. The maximum atomic E-state index is 14.4. The molecule has 228 valence electrons. The van der Waals surface area contributed by atoms with Gasteiger partial charge < -0.3 is 9.47 Å². The van der Waals surface area contributed by atoms with Crippen LogP contribution in [0.1, 0.15) is 53.7 Å². The number of amides is 2. The number of alkyl halides is 3. The quantitative estimate of drug-likeness (QED) is 0.254. The Morgan fingerprint density at radius 3 is 2.52 bits per heavy atom. The summed E-state index contributed by atoms with van der Waals surface area (Å²) in [6.07, 6.45) is 2.24. The molecule has 2 fully saturated rings. The fraction of sp³-hybridized carbons (Fsp3) is 0.387. The molecule has 2 aromatic carbocycles. The van der Waals surface area contributed by atoms with Gasteiger partial charge in [-0.05, 0) is 81.0 Å². The van der Waals surface area contributed by atoms with Crippen LogP contribution in [0.15, 0.2) is 59.5 Å². The third-order valence-corrected chi connectivity index (χ3v) is 9.65. The second-order valence-electron chi connectivity index (χ2n) is 12.0. The number of rotatable bonds is 5. The second kappa shape index (κ2) is 10.6. The zero-order valence-electron chi connectivity index (χ0n) is 24.0. The topological polar surface area (TPSA) is 89.2 Å². The molecule has 2 aromatic heterocycles. The van der Waals surface area contributed by atoms with Crippen LogP contribution in [0, 0.1) is 11.8 Å². The summed E-state index contributed by atoms with van der Waals surface area (Å²) >= 11 is 2.95. The Balaban J connectivity index is 1.24. The van der Waals surface area contributed by atoms with E-state index >= 15 is 0 Å². The molecule has 0 radical (unpaired) electrons. The monoisotopic (exact) mass is 667 g/mol. The molecule has 0 bridgehead atoms. The second-order valence-corrected chi connectivity index (χ2v) is 12.8. The van der Waals surface area contributed by atoms with E-state index < -0.39 is 29.6 Å². The van der Waals surface area contributed by atoms with Crippen molar-refractivity contribution in [1.29, 1.82) is 0 Å². The van der Waals surface area contributed by atoms with Crippen LogP contribution in [0.3, 0.4) is 0 Å². The van der Waals surface area contributed by atoms with Gasteiger partial charge in [-0.15, -0.1) is 10.2 Å². The van der Waals surface area contributed by atoms with Gasteiger partial charge in [-0.1, -0.05) is 15.9 Å². The number of hydrogen-bond acceptors (Lipinski definition) is 5. The van der Waals surface area contributed by atoms with E-state index in [9.17, 15) is 22.8 Å². The van der Waals surface area contributed by atoms with Crippen molar-refractivity contribution < 1.29 is 22.8 Å². The highest BCUT2D eigenvalue weighted by Gasteiger charge is 2.49. The number of carbonyl (C=O) groups excluding carboxylic acids is 2. The number of benzene rings is 2. The van der Waals surface area contributed by atoms with E-state index in [1.807, 2.05) is 53.7 Å². The standard InChI is InChI=1S/C31H29BrF3N7O2/c1-17-11-23-26(15-40(17)29(43)20-7-10-25(32)24(13-20)31(33,34)35)42-28(21(14-37-42)12-18-3-4-18)41(30(23)44)22-8-5-19(6-9-22)27-38-36-16-39(27)2/h5-10,13-14,16-18,23,26H,3-4,11-12,15H2,1-2H3/t17-,23?,26?/m0/s1. The lowest BCUT2D eigenvalue weighted by molar-refractivity contribution is -0.138. The van der Waals surface area contributed by atoms with Gasteiger partial charge in [0.25, 0.3) is 5.91 Å². The molecule has 2 amide bonds. The molecule has 44 heavy (non-hydrogen) atoms. The van der Waals surface area contributed by atoms with Gasteiger partial charge in [0.15, 0.2) is 5.82 Å². The maximum Gasteiger partial charge on any atom is 0.417 e. The van der Waals surface area contributed by atoms with Crippen LogP contribution >= 0.6 is 15.9 Å². The van der Waals surface area contributed by atoms with Gasteiger partial charge in [-0.25, -0.2) is 4.68 Å². The number of piperidine rings is 1. The first kappa shape index (κ1) is 28.8. The minimum atomic E-state index is -4.61. The summed E-state index contributed by atoms with van der Waals surface area (Å²) in [4.78, 5) is 31.4. The molecule has 9 nitrogen and oxygen atoms in total. The third kappa shape index (κ3) is 4.90. The average Bonchev–Trinajstić information content (AvgIpc) is 3.56. The van der Waals surface area contributed by atoms with Crippen molar-refractivity contribution in [2.45, 2.75) is 50.9 Å². The number of likely N-dealkylation sites (tertiary alicyclic amines) is 1. The van der Waals surface area contributed by atoms with Gasteiger partial charge in [0, 0.05) is 40.8 Å². The van der Waals surface area contributed by atoms with Crippen LogP contribution in [-0.4, -0.2) is 53.8 Å². The van der Waals surface area contributed by atoms with Gasteiger partial charge in [-0.2, -0.15) is 18.3 Å². The lowest BCUT2D eigenvalue weighted by Crippen LogP contribution is -2.56. The first-order valence-electron chi connectivity index (χ1n) is 14.5. The Morgan fingerprint density at radius 1 is 1.11 bits per heavy atom. The molecule has 2 aliphatic heterocycles. The van der Waals surface area contributed by atoms with Crippen molar-refractivity contribution in [3.63, 3.8) is 0 Å². The van der Waals surface area contributed by atoms with Crippen molar-refractivity contribution in [1.82, 2.24) is 29.4 Å². The van der Waals surface area contributed by atoms with E-state index in [-0.39, 0.29) is 28.5 Å². The first-order valence-corrected chi connectivity index (χ1v) is 15.3. The highest BCUT2D eigenvalue weighted by molar-refractivity contribution is 9.10. The van der Waals surface area contributed by atoms with Crippen LogP contribution in [0.25, 0.3) is 11.4 Å². The van der Waals surface area contributed by atoms with Gasteiger partial charge >= 0.3 is 6.18 Å². The highest BCUT2D eigenvalue weighted by atomic mass is 79.9. The summed E-state index contributed by atoms with van der Waals surface area (Å²) < 4.78 is 44.4. The van der Waals surface area contributed by atoms with Crippen molar-refractivity contribution in [2.24, 2.45) is 18.9 Å². The van der Waals surface area contributed by atoms with Crippen LogP contribution in [0.4, 0.5) is 24.7 Å². The number of aromatic nitrogens is 5. The Labute approximate surface area is 259 Å². The molecule has 2 unspecified atom stereocenters. The normalized spacial score (nSPS) is 21.8. The Bertz CT molecular complexity index is 1760. The van der Waals surface area contributed by atoms with E-state index in [0.717, 1.165) is 36.5 Å². The van der Waals surface area contributed by atoms with E-state index in [2.05, 4.69) is 26.1 Å². The molecular weight excluding hydrogens is 639 g/mol. The number of anilines is 2. The molecule has 3 aliphatic rings. The summed E-state index contributed by atoms with van der Waals surface area (Å²) in [5.74, 6) is 0.897. The number of hydrogen-bond donors (Lipinski definition) is 0. The van der Waals surface area contributed by atoms with Crippen LogP contribution in [-0.2, 0) is 24.4 Å². The molecule has 4 heterocycles. The molecule has 1 saturated carbocycles. The third-order valence-electron chi connectivity index (χ3n) is 8.96. The predicted molar refractivity (Wildman–Crippen MR) is 159 cm³/mol. The molecule has 0 N–H and O–H groups in total. The largest absolute Gasteiger partial charge is 0.417 e. The molecule has 4 aromatic rings. The van der Waals surface area contributed by atoms with Gasteiger partial charge in [-0.3, -0.25) is 14.5 Å². The Hall–Kier alpha value is -4.00. The lowest BCUT2D eigenvalue weighted by Gasteiger charge is -2.47. The SMILES string of the molecule is C[C@H]1CC2C(=O)N(c3ccc(-c4nncn4C)cc3)c3c(CC4CC4)cnn3C2CN1C(=O)c1ccc(Br)c(C(F)(F)F)c1.